The van der Waals surface area contributed by atoms with Gasteiger partial charge < -0.3 is 10.3 Å². The number of hydrogen-bond donors (Lipinski definition) is 2. The number of carbonyl (C=O) groups excluding carboxylic acids is 1. The molecule has 0 aromatic rings. The van der Waals surface area contributed by atoms with E-state index in [9.17, 15) is 18.0 Å². The minimum Gasteiger partial charge on any atom is -0.339 e. The van der Waals surface area contributed by atoms with Gasteiger partial charge in [-0.05, 0) is 12.8 Å². The van der Waals surface area contributed by atoms with Gasteiger partial charge in [0.1, 0.15) is 0 Å². The van der Waals surface area contributed by atoms with E-state index in [1.807, 2.05) is 0 Å². The molecular formula is C10H14F3N3O. The molecule has 17 heavy (non-hydrogen) atoms. The van der Waals surface area contributed by atoms with E-state index in [2.05, 4.69) is 10.9 Å². The second-order valence-electron chi connectivity index (χ2n) is 4.28. The first-order valence-electron chi connectivity index (χ1n) is 5.52. The van der Waals surface area contributed by atoms with Crippen LogP contribution < -0.4 is 10.9 Å². The fourth-order valence-electron chi connectivity index (χ4n) is 2.09. The van der Waals surface area contributed by atoms with Gasteiger partial charge in [-0.15, -0.1) is 0 Å². The molecule has 1 amide bonds. The molecule has 2 N–H and O–H groups in total. The molecule has 0 saturated carbocycles. The highest BCUT2D eigenvalue weighted by Gasteiger charge is 2.41. The highest BCUT2D eigenvalue weighted by molar-refractivity contribution is 5.94. The maximum absolute atomic E-state index is 12.4. The van der Waals surface area contributed by atoms with Crippen molar-refractivity contribution in [3.8, 4) is 0 Å². The summed E-state index contributed by atoms with van der Waals surface area (Å²) in [4.78, 5) is 13.3. The molecule has 0 bridgehead atoms. The van der Waals surface area contributed by atoms with Gasteiger partial charge in [-0.1, -0.05) is 0 Å². The Morgan fingerprint density at radius 3 is 2.47 bits per heavy atom. The zero-order chi connectivity index (χ0) is 12.5. The predicted octanol–water partition coefficient (Wildman–Crippen LogP) is 0.779. The number of alkyl halides is 3. The Morgan fingerprint density at radius 2 is 2.00 bits per heavy atom. The minimum absolute atomic E-state index is 0.00335. The van der Waals surface area contributed by atoms with E-state index in [0.29, 0.717) is 12.1 Å². The predicted molar refractivity (Wildman–Crippen MR) is 54.6 cm³/mol. The van der Waals surface area contributed by atoms with Crippen molar-refractivity contribution < 1.29 is 18.0 Å². The van der Waals surface area contributed by atoms with Crippen LogP contribution >= 0.6 is 0 Å². The van der Waals surface area contributed by atoms with Crippen molar-refractivity contribution in [2.75, 3.05) is 19.6 Å². The number of hydrazine groups is 1. The number of nitrogens with one attached hydrogen (secondary N) is 2. The molecular weight excluding hydrogens is 235 g/mol. The summed E-state index contributed by atoms with van der Waals surface area (Å²) < 4.78 is 37.3. The maximum Gasteiger partial charge on any atom is 0.391 e. The Kier molecular flexibility index (Phi) is 3.28. The van der Waals surface area contributed by atoms with Crippen molar-refractivity contribution in [2.24, 2.45) is 5.92 Å². The van der Waals surface area contributed by atoms with Crippen LogP contribution in [0.15, 0.2) is 11.8 Å². The van der Waals surface area contributed by atoms with Gasteiger partial charge in [0.15, 0.2) is 0 Å². The third kappa shape index (κ3) is 2.71. The zero-order valence-electron chi connectivity index (χ0n) is 9.18. The van der Waals surface area contributed by atoms with Crippen LogP contribution in [-0.4, -0.2) is 36.6 Å². The van der Waals surface area contributed by atoms with Crippen LogP contribution in [-0.2, 0) is 4.79 Å². The lowest BCUT2D eigenvalue weighted by Gasteiger charge is -2.33. The van der Waals surface area contributed by atoms with Gasteiger partial charge in [0.25, 0.3) is 5.91 Å². The summed E-state index contributed by atoms with van der Waals surface area (Å²) in [5, 5.41) is 0. The summed E-state index contributed by atoms with van der Waals surface area (Å²) in [5.41, 5.74) is 6.01. The van der Waals surface area contributed by atoms with Crippen LogP contribution in [0.4, 0.5) is 13.2 Å². The molecule has 0 aliphatic carbocycles. The largest absolute Gasteiger partial charge is 0.391 e. The number of piperidine rings is 1. The standard InChI is InChI=1S/C10H14F3N3O/c11-10(12,13)8-1-3-16(4-2-8)9(17)7-5-14-15-6-7/h5,8,14-15H,1-4,6H2. The summed E-state index contributed by atoms with van der Waals surface area (Å²) in [6.07, 6.45) is -2.57. The Balaban J connectivity index is 1.89. The lowest BCUT2D eigenvalue weighted by molar-refractivity contribution is -0.186. The van der Waals surface area contributed by atoms with Crippen molar-refractivity contribution >= 4 is 5.91 Å². The van der Waals surface area contributed by atoms with E-state index >= 15 is 0 Å². The molecule has 96 valence electrons. The second kappa shape index (κ2) is 4.56. The number of halogens is 3. The van der Waals surface area contributed by atoms with Crippen LogP contribution in [0.5, 0.6) is 0 Å². The third-order valence-electron chi connectivity index (χ3n) is 3.15. The minimum atomic E-state index is -4.13. The van der Waals surface area contributed by atoms with Crippen molar-refractivity contribution in [3.63, 3.8) is 0 Å². The summed E-state index contributed by atoms with van der Waals surface area (Å²) in [7, 11) is 0. The van der Waals surface area contributed by atoms with E-state index in [-0.39, 0.29) is 31.8 Å². The number of likely N-dealkylation sites (tertiary alicyclic amines) is 1. The van der Waals surface area contributed by atoms with Gasteiger partial charge in [0, 0.05) is 31.4 Å². The van der Waals surface area contributed by atoms with E-state index < -0.39 is 12.1 Å². The Hall–Kier alpha value is -1.24. The van der Waals surface area contributed by atoms with E-state index in [1.165, 1.54) is 4.90 Å². The SMILES string of the molecule is O=C(C1=CNNC1)N1CCC(C(F)(F)F)CC1. The summed E-state index contributed by atoms with van der Waals surface area (Å²) in [5.74, 6) is -1.44. The molecule has 0 aromatic heterocycles. The van der Waals surface area contributed by atoms with Crippen molar-refractivity contribution in [1.29, 1.82) is 0 Å². The second-order valence-corrected chi connectivity index (χ2v) is 4.28. The highest BCUT2D eigenvalue weighted by Crippen LogP contribution is 2.34. The Morgan fingerprint density at radius 1 is 1.35 bits per heavy atom. The van der Waals surface area contributed by atoms with Crippen molar-refractivity contribution in [1.82, 2.24) is 15.8 Å². The van der Waals surface area contributed by atoms with Crippen LogP contribution in [0.3, 0.4) is 0 Å². The summed E-state index contributed by atoms with van der Waals surface area (Å²) in [6, 6.07) is 0. The lowest BCUT2D eigenvalue weighted by atomic mass is 9.96. The first kappa shape index (κ1) is 12.2. The molecule has 1 saturated heterocycles. The average molecular weight is 249 g/mol. The van der Waals surface area contributed by atoms with Crippen LogP contribution in [0, 0.1) is 5.92 Å². The molecule has 1 fully saturated rings. The van der Waals surface area contributed by atoms with Crippen molar-refractivity contribution in [2.45, 2.75) is 19.0 Å². The fourth-order valence-corrected chi connectivity index (χ4v) is 2.09. The molecule has 2 heterocycles. The quantitative estimate of drug-likeness (QED) is 0.721. The first-order chi connectivity index (χ1) is 7.98. The summed E-state index contributed by atoms with van der Waals surface area (Å²) >= 11 is 0. The molecule has 0 spiro atoms. The molecule has 0 unspecified atom stereocenters. The topological polar surface area (TPSA) is 44.4 Å². The fraction of sp³-hybridized carbons (Fsp3) is 0.700. The van der Waals surface area contributed by atoms with Gasteiger partial charge >= 0.3 is 6.18 Å². The molecule has 2 aliphatic heterocycles. The van der Waals surface area contributed by atoms with Gasteiger partial charge in [-0.2, -0.15) is 13.2 Å². The smallest absolute Gasteiger partial charge is 0.339 e. The van der Waals surface area contributed by atoms with Crippen molar-refractivity contribution in [3.05, 3.63) is 11.8 Å². The zero-order valence-corrected chi connectivity index (χ0v) is 9.18. The summed E-state index contributed by atoms with van der Waals surface area (Å²) in [6.45, 7) is 0.777. The maximum atomic E-state index is 12.4. The Labute approximate surface area is 96.8 Å². The normalized spacial score (nSPS) is 22.3. The molecule has 4 nitrogen and oxygen atoms in total. The molecule has 0 atom stereocenters. The van der Waals surface area contributed by atoms with Crippen LogP contribution in [0.25, 0.3) is 0 Å². The van der Waals surface area contributed by atoms with E-state index in [1.54, 1.807) is 6.20 Å². The average Bonchev–Trinajstić information content (AvgIpc) is 2.80. The molecule has 0 radical (unpaired) electrons. The monoisotopic (exact) mass is 249 g/mol. The number of hydrogen-bond acceptors (Lipinski definition) is 3. The van der Waals surface area contributed by atoms with Gasteiger partial charge in [0.2, 0.25) is 0 Å². The number of rotatable bonds is 1. The van der Waals surface area contributed by atoms with Gasteiger partial charge in [-0.25, -0.2) is 5.43 Å². The molecule has 7 heteroatoms. The number of nitrogens with zero attached hydrogens (tertiary/aromatic N) is 1. The van der Waals surface area contributed by atoms with E-state index in [4.69, 9.17) is 0 Å². The molecule has 2 rings (SSSR count). The van der Waals surface area contributed by atoms with Gasteiger partial charge in [-0.3, -0.25) is 4.79 Å². The van der Waals surface area contributed by atoms with Crippen LogP contribution in [0.2, 0.25) is 0 Å². The number of carbonyl (C=O) groups is 1. The molecule has 0 aromatic carbocycles. The number of amides is 1. The first-order valence-corrected chi connectivity index (χ1v) is 5.52. The van der Waals surface area contributed by atoms with E-state index in [0.717, 1.165) is 0 Å². The molecule has 2 aliphatic rings. The Bertz CT molecular complexity index is 332. The lowest BCUT2D eigenvalue weighted by Crippen LogP contribution is -2.43. The van der Waals surface area contributed by atoms with Gasteiger partial charge in [0.05, 0.1) is 5.92 Å². The highest BCUT2D eigenvalue weighted by atomic mass is 19.4. The van der Waals surface area contributed by atoms with Crippen LogP contribution in [0.1, 0.15) is 12.8 Å². The third-order valence-corrected chi connectivity index (χ3v) is 3.15.